The number of aromatic nitrogens is 1. The van der Waals surface area contributed by atoms with Crippen LogP contribution >= 0.6 is 27.5 Å². The van der Waals surface area contributed by atoms with Crippen molar-refractivity contribution in [1.82, 2.24) is 4.98 Å². The Balaban J connectivity index is 2.15. The number of nitrogens with one attached hydrogen (secondary N) is 1. The maximum absolute atomic E-state index is 14.1. The number of fused-ring (bicyclic) bond motifs is 1. The van der Waals surface area contributed by atoms with Gasteiger partial charge in [0.15, 0.2) is 5.82 Å². The Morgan fingerprint density at radius 1 is 1.08 bits per heavy atom. The maximum Gasteiger partial charge on any atom is 0.262 e. The van der Waals surface area contributed by atoms with Crippen molar-refractivity contribution < 1.29 is 17.6 Å². The number of benzene rings is 2. The van der Waals surface area contributed by atoms with Crippen molar-refractivity contribution in [2.45, 2.75) is 12.5 Å². The Morgan fingerprint density at radius 2 is 1.80 bits per heavy atom. The Labute approximate surface area is 154 Å². The quantitative estimate of drug-likeness (QED) is 0.485. The summed E-state index contributed by atoms with van der Waals surface area (Å²) in [4.78, 5) is 3.90. The van der Waals surface area contributed by atoms with Crippen molar-refractivity contribution in [3.63, 3.8) is 0 Å². The van der Waals surface area contributed by atoms with Crippen LogP contribution in [0.5, 0.6) is 0 Å². The summed E-state index contributed by atoms with van der Waals surface area (Å²) < 4.78 is 55.6. The Morgan fingerprint density at radius 3 is 2.48 bits per heavy atom. The fraction of sp³-hybridized carbons (Fsp3) is 0.118. The molecule has 0 aliphatic carbocycles. The number of nitrogens with zero attached hydrogens (tertiary/aromatic N) is 1. The van der Waals surface area contributed by atoms with E-state index in [2.05, 4.69) is 26.2 Å². The molecule has 2 nitrogen and oxygen atoms in total. The molecule has 8 heteroatoms. The molecule has 1 aromatic heterocycles. The third-order valence-electron chi connectivity index (χ3n) is 3.64. The molecule has 3 rings (SSSR count). The van der Waals surface area contributed by atoms with Crippen molar-refractivity contribution in [3.05, 3.63) is 69.3 Å². The van der Waals surface area contributed by atoms with Crippen molar-refractivity contribution in [2.75, 3.05) is 5.32 Å². The van der Waals surface area contributed by atoms with Gasteiger partial charge in [-0.15, -0.1) is 0 Å². The first kappa shape index (κ1) is 17.9. The molecule has 0 bridgehead atoms. The number of alkyl halides is 2. The van der Waals surface area contributed by atoms with Crippen LogP contribution in [-0.2, 0) is 0 Å². The molecule has 0 fully saturated rings. The SMILES string of the molecule is Fc1ccccc1C(Nc1c(Cl)cnc2c(F)cc(Br)cc12)C(F)F. The molecule has 0 radical (unpaired) electrons. The summed E-state index contributed by atoms with van der Waals surface area (Å²) >= 11 is 9.23. The molecule has 2 aromatic carbocycles. The fourth-order valence-electron chi connectivity index (χ4n) is 2.51. The predicted octanol–water partition coefficient (Wildman–Crippen LogP) is 6.35. The zero-order chi connectivity index (χ0) is 18.1. The minimum atomic E-state index is -2.92. The first-order valence-corrected chi connectivity index (χ1v) is 8.28. The normalized spacial score (nSPS) is 12.6. The summed E-state index contributed by atoms with van der Waals surface area (Å²) in [5.74, 6) is -1.41. The highest BCUT2D eigenvalue weighted by Crippen LogP contribution is 2.37. The minimum absolute atomic E-state index is 0.0204. The zero-order valence-corrected chi connectivity index (χ0v) is 14.8. The number of hydrogen-bond donors (Lipinski definition) is 1. The topological polar surface area (TPSA) is 24.9 Å². The van der Waals surface area contributed by atoms with Gasteiger partial charge in [-0.25, -0.2) is 17.6 Å². The first-order valence-electron chi connectivity index (χ1n) is 7.11. The van der Waals surface area contributed by atoms with Gasteiger partial charge in [-0.05, 0) is 18.2 Å². The predicted molar refractivity (Wildman–Crippen MR) is 93.2 cm³/mol. The first-order chi connectivity index (χ1) is 11.9. The summed E-state index contributed by atoms with van der Waals surface area (Å²) in [5, 5.41) is 2.78. The van der Waals surface area contributed by atoms with Gasteiger partial charge in [0, 0.05) is 21.6 Å². The molecule has 1 unspecified atom stereocenters. The molecule has 0 saturated carbocycles. The third-order valence-corrected chi connectivity index (χ3v) is 4.38. The van der Waals surface area contributed by atoms with Gasteiger partial charge in [0.2, 0.25) is 0 Å². The van der Waals surface area contributed by atoms with Gasteiger partial charge in [0.25, 0.3) is 6.43 Å². The van der Waals surface area contributed by atoms with E-state index in [0.717, 1.165) is 12.3 Å². The van der Waals surface area contributed by atoms with Crippen LogP contribution in [0.2, 0.25) is 5.02 Å². The molecule has 25 heavy (non-hydrogen) atoms. The van der Waals surface area contributed by atoms with Gasteiger partial charge in [-0.1, -0.05) is 45.7 Å². The number of hydrogen-bond acceptors (Lipinski definition) is 2. The van der Waals surface area contributed by atoms with Crippen LogP contribution in [0.15, 0.2) is 47.1 Å². The summed E-state index contributed by atoms with van der Waals surface area (Å²) in [7, 11) is 0. The number of halogens is 6. The molecule has 0 aliphatic rings. The van der Waals surface area contributed by atoms with Crippen molar-refractivity contribution in [3.8, 4) is 0 Å². The van der Waals surface area contributed by atoms with E-state index in [-0.39, 0.29) is 27.2 Å². The highest BCUT2D eigenvalue weighted by atomic mass is 79.9. The highest BCUT2D eigenvalue weighted by molar-refractivity contribution is 9.10. The standard InChI is InChI=1S/C17H10BrClF4N2/c18-8-5-10-14(11(19)7-24-15(10)13(21)6-8)25-16(17(22)23)9-3-1-2-4-12(9)20/h1-7,16-17H,(H,24,25). The van der Waals surface area contributed by atoms with E-state index in [1.54, 1.807) is 0 Å². The molecule has 130 valence electrons. The highest BCUT2D eigenvalue weighted by Gasteiger charge is 2.27. The van der Waals surface area contributed by atoms with E-state index in [0.29, 0.717) is 4.47 Å². The van der Waals surface area contributed by atoms with Crippen LogP contribution in [0.4, 0.5) is 23.2 Å². The van der Waals surface area contributed by atoms with Gasteiger partial charge >= 0.3 is 0 Å². The second-order valence-corrected chi connectivity index (χ2v) is 6.57. The zero-order valence-electron chi connectivity index (χ0n) is 12.4. The van der Waals surface area contributed by atoms with Crippen molar-refractivity contribution in [1.29, 1.82) is 0 Å². The van der Waals surface area contributed by atoms with Crippen molar-refractivity contribution in [2.24, 2.45) is 0 Å². The number of anilines is 1. The second-order valence-electron chi connectivity index (χ2n) is 5.24. The summed E-state index contributed by atoms with van der Waals surface area (Å²) in [6.07, 6.45) is -1.76. The third kappa shape index (κ3) is 3.57. The number of rotatable bonds is 4. The minimum Gasteiger partial charge on any atom is -0.371 e. The van der Waals surface area contributed by atoms with Gasteiger partial charge in [-0.2, -0.15) is 0 Å². The van der Waals surface area contributed by atoms with Gasteiger partial charge in [-0.3, -0.25) is 4.98 Å². The van der Waals surface area contributed by atoms with Gasteiger partial charge in [0.1, 0.15) is 17.4 Å². The second kappa shape index (κ2) is 7.17. The molecular weight excluding hydrogens is 424 g/mol. The fourth-order valence-corrected chi connectivity index (χ4v) is 3.14. The maximum atomic E-state index is 14.1. The van der Waals surface area contributed by atoms with Gasteiger partial charge < -0.3 is 5.32 Å². The lowest BCUT2D eigenvalue weighted by Crippen LogP contribution is -2.20. The molecule has 0 aliphatic heterocycles. The van der Waals surface area contributed by atoms with Crippen LogP contribution in [-0.4, -0.2) is 11.4 Å². The van der Waals surface area contributed by atoms with E-state index in [1.807, 2.05) is 0 Å². The number of pyridine rings is 1. The Kier molecular flexibility index (Phi) is 5.15. The van der Waals surface area contributed by atoms with E-state index >= 15 is 0 Å². The van der Waals surface area contributed by atoms with Crippen molar-refractivity contribution >= 4 is 44.1 Å². The molecule has 0 amide bonds. The van der Waals surface area contributed by atoms with Gasteiger partial charge in [0.05, 0.1) is 10.7 Å². The van der Waals surface area contributed by atoms with Crippen LogP contribution in [0, 0.1) is 11.6 Å². The summed E-state index contributed by atoms with van der Waals surface area (Å²) in [5.41, 5.74) is -0.189. The molecular formula is C17H10BrClF4N2. The molecule has 1 N–H and O–H groups in total. The average Bonchev–Trinajstić information content (AvgIpc) is 2.54. The summed E-state index contributed by atoms with van der Waals surface area (Å²) in [6, 6.07) is 6.26. The molecule has 0 spiro atoms. The molecule has 1 atom stereocenters. The largest absolute Gasteiger partial charge is 0.371 e. The van der Waals surface area contributed by atoms with E-state index < -0.39 is 24.1 Å². The van der Waals surface area contributed by atoms with Crippen LogP contribution in [0.1, 0.15) is 11.6 Å². The Hall–Kier alpha value is -1.86. The molecule has 1 heterocycles. The lowest BCUT2D eigenvalue weighted by atomic mass is 10.1. The smallest absolute Gasteiger partial charge is 0.262 e. The molecule has 3 aromatic rings. The molecule has 0 saturated heterocycles. The van der Waals surface area contributed by atoms with Crippen LogP contribution < -0.4 is 5.32 Å². The van der Waals surface area contributed by atoms with E-state index in [9.17, 15) is 17.6 Å². The summed E-state index contributed by atoms with van der Waals surface area (Å²) in [6.45, 7) is 0. The van der Waals surface area contributed by atoms with Crippen LogP contribution in [0.3, 0.4) is 0 Å². The average molecular weight is 434 g/mol. The van der Waals surface area contributed by atoms with Crippen LogP contribution in [0.25, 0.3) is 10.9 Å². The van der Waals surface area contributed by atoms with E-state index in [1.165, 1.54) is 30.3 Å². The lowest BCUT2D eigenvalue weighted by molar-refractivity contribution is 0.123. The monoisotopic (exact) mass is 432 g/mol. The lowest BCUT2D eigenvalue weighted by Gasteiger charge is -2.22. The Bertz CT molecular complexity index is 936. The van der Waals surface area contributed by atoms with E-state index in [4.69, 9.17) is 11.6 Å².